The van der Waals surface area contributed by atoms with Crippen LogP contribution in [0.2, 0.25) is 5.02 Å². The summed E-state index contributed by atoms with van der Waals surface area (Å²) < 4.78 is 10.6. The van der Waals surface area contributed by atoms with E-state index in [4.69, 9.17) is 21.1 Å². The summed E-state index contributed by atoms with van der Waals surface area (Å²) in [6, 6.07) is 13.2. The van der Waals surface area contributed by atoms with Crippen LogP contribution in [0.15, 0.2) is 42.5 Å². The molecule has 0 unspecified atom stereocenters. The minimum absolute atomic E-state index is 0.0547. The highest BCUT2D eigenvalue weighted by Crippen LogP contribution is 2.32. The normalized spacial score (nSPS) is 15.0. The predicted molar refractivity (Wildman–Crippen MR) is 100 cm³/mol. The molecule has 25 heavy (non-hydrogen) atoms. The lowest BCUT2D eigenvalue weighted by Crippen LogP contribution is -2.22. The zero-order valence-corrected chi connectivity index (χ0v) is 15.0. The molecular weight excluding hydrogens is 338 g/mol. The molecule has 1 heterocycles. The Morgan fingerprint density at radius 2 is 1.92 bits per heavy atom. The summed E-state index contributed by atoms with van der Waals surface area (Å²) in [5.41, 5.74) is 2.67. The number of carbonyl (C=O) groups is 1. The van der Waals surface area contributed by atoms with Gasteiger partial charge in [-0.05, 0) is 54.7 Å². The molecule has 1 saturated heterocycles. The van der Waals surface area contributed by atoms with Crippen LogP contribution in [0.4, 0.5) is 5.69 Å². The van der Waals surface area contributed by atoms with Gasteiger partial charge in [-0.15, -0.1) is 0 Å². The molecule has 0 aliphatic carbocycles. The van der Waals surface area contributed by atoms with Gasteiger partial charge in [-0.2, -0.15) is 0 Å². The minimum atomic E-state index is 0.0547. The second kappa shape index (κ2) is 8.37. The first kappa shape index (κ1) is 17.8. The number of methoxy groups -OCH3 is 1. The number of amides is 1. The summed E-state index contributed by atoms with van der Waals surface area (Å²) in [6.07, 6.45) is 2.47. The van der Waals surface area contributed by atoms with Crippen molar-refractivity contribution in [2.75, 3.05) is 25.6 Å². The fourth-order valence-electron chi connectivity index (χ4n) is 3.01. The smallest absolute Gasteiger partial charge is 0.224 e. The molecule has 0 bridgehead atoms. The van der Waals surface area contributed by atoms with E-state index in [-0.39, 0.29) is 5.91 Å². The average Bonchev–Trinajstić information content (AvgIpc) is 2.64. The molecule has 1 fully saturated rings. The van der Waals surface area contributed by atoms with E-state index in [0.29, 0.717) is 17.4 Å². The Kier molecular flexibility index (Phi) is 5.95. The zero-order chi connectivity index (χ0) is 17.6. The van der Waals surface area contributed by atoms with Gasteiger partial charge in [-0.3, -0.25) is 4.79 Å². The summed E-state index contributed by atoms with van der Waals surface area (Å²) in [4.78, 5) is 12.2. The third kappa shape index (κ3) is 4.74. The highest BCUT2D eigenvalue weighted by Gasteiger charge is 2.17. The molecule has 0 saturated carbocycles. The number of hydrogen-bond acceptors (Lipinski definition) is 3. The quantitative estimate of drug-likeness (QED) is 0.836. The van der Waals surface area contributed by atoms with Crippen molar-refractivity contribution in [3.63, 3.8) is 0 Å². The molecule has 4 nitrogen and oxygen atoms in total. The predicted octanol–water partition coefficient (Wildman–Crippen LogP) is 4.77. The number of carbonyl (C=O) groups excluding carboxylic acids is 1. The molecule has 1 aliphatic heterocycles. The van der Waals surface area contributed by atoms with Gasteiger partial charge >= 0.3 is 0 Å². The number of hydrogen-bond donors (Lipinski definition) is 1. The summed E-state index contributed by atoms with van der Waals surface area (Å²) in [7, 11) is 1.63. The molecule has 3 rings (SSSR count). The van der Waals surface area contributed by atoms with Crippen LogP contribution in [-0.2, 0) is 9.53 Å². The molecule has 0 aromatic heterocycles. The van der Waals surface area contributed by atoms with Crippen molar-refractivity contribution in [2.45, 2.75) is 19.3 Å². The van der Waals surface area contributed by atoms with E-state index in [1.807, 2.05) is 42.5 Å². The lowest BCUT2D eigenvalue weighted by molar-refractivity contribution is -0.117. The molecule has 1 amide bonds. The Morgan fingerprint density at radius 3 is 2.60 bits per heavy atom. The number of halogens is 1. The molecule has 0 radical (unpaired) electrons. The molecule has 132 valence electrons. The van der Waals surface area contributed by atoms with Crippen LogP contribution in [-0.4, -0.2) is 26.2 Å². The van der Waals surface area contributed by atoms with Gasteiger partial charge in [0.2, 0.25) is 5.91 Å². The van der Waals surface area contributed by atoms with Crippen molar-refractivity contribution in [1.29, 1.82) is 0 Å². The summed E-state index contributed by atoms with van der Waals surface area (Å²) in [5, 5.41) is 3.63. The minimum Gasteiger partial charge on any atom is -0.497 e. The first-order valence-electron chi connectivity index (χ1n) is 8.47. The lowest BCUT2D eigenvalue weighted by Gasteiger charge is -2.21. The zero-order valence-electron chi connectivity index (χ0n) is 14.3. The fourth-order valence-corrected chi connectivity index (χ4v) is 3.24. The van der Waals surface area contributed by atoms with Crippen molar-refractivity contribution in [3.05, 3.63) is 47.5 Å². The van der Waals surface area contributed by atoms with Gasteiger partial charge < -0.3 is 14.8 Å². The highest BCUT2D eigenvalue weighted by atomic mass is 35.5. The molecule has 1 N–H and O–H groups in total. The van der Waals surface area contributed by atoms with E-state index in [9.17, 15) is 4.79 Å². The number of ether oxygens (including phenoxy) is 2. The van der Waals surface area contributed by atoms with E-state index in [2.05, 4.69) is 5.32 Å². The maximum absolute atomic E-state index is 12.2. The third-order valence-electron chi connectivity index (χ3n) is 4.47. The fraction of sp³-hybridized carbons (Fsp3) is 0.350. The van der Waals surface area contributed by atoms with Crippen LogP contribution < -0.4 is 10.1 Å². The maximum Gasteiger partial charge on any atom is 0.224 e. The van der Waals surface area contributed by atoms with Crippen LogP contribution in [0.25, 0.3) is 11.1 Å². The number of anilines is 1. The van der Waals surface area contributed by atoms with Gasteiger partial charge in [-0.25, -0.2) is 0 Å². The summed E-state index contributed by atoms with van der Waals surface area (Å²) >= 11 is 6.28. The molecule has 2 aromatic carbocycles. The molecule has 5 heteroatoms. The Labute approximate surface area is 153 Å². The van der Waals surface area contributed by atoms with Crippen molar-refractivity contribution >= 4 is 23.2 Å². The molecule has 0 spiro atoms. The number of rotatable bonds is 5. The van der Waals surface area contributed by atoms with Gasteiger partial charge in [-0.1, -0.05) is 23.7 Å². The first-order chi connectivity index (χ1) is 12.2. The van der Waals surface area contributed by atoms with Crippen LogP contribution in [0.3, 0.4) is 0 Å². The summed E-state index contributed by atoms with van der Waals surface area (Å²) in [6.45, 7) is 1.52. The first-order valence-corrected chi connectivity index (χ1v) is 8.85. The van der Waals surface area contributed by atoms with E-state index in [1.54, 1.807) is 7.11 Å². The number of nitrogens with one attached hydrogen (secondary N) is 1. The molecular formula is C20H22ClNO3. The van der Waals surface area contributed by atoms with Gasteiger partial charge in [0.1, 0.15) is 5.75 Å². The topological polar surface area (TPSA) is 47.6 Å². The third-order valence-corrected chi connectivity index (χ3v) is 4.80. The van der Waals surface area contributed by atoms with Gasteiger partial charge in [0.05, 0.1) is 7.11 Å². The Morgan fingerprint density at radius 1 is 1.20 bits per heavy atom. The van der Waals surface area contributed by atoms with Crippen molar-refractivity contribution in [2.24, 2.45) is 5.92 Å². The largest absolute Gasteiger partial charge is 0.497 e. The Hall–Kier alpha value is -2.04. The van der Waals surface area contributed by atoms with Crippen LogP contribution in [0.5, 0.6) is 5.75 Å². The van der Waals surface area contributed by atoms with E-state index < -0.39 is 0 Å². The van der Waals surface area contributed by atoms with Gasteiger partial charge in [0.25, 0.3) is 0 Å². The molecule has 1 aliphatic rings. The van der Waals surface area contributed by atoms with E-state index in [0.717, 1.165) is 48.6 Å². The highest BCUT2D eigenvalue weighted by molar-refractivity contribution is 6.33. The van der Waals surface area contributed by atoms with Crippen LogP contribution >= 0.6 is 11.6 Å². The Bertz CT molecular complexity index is 724. The lowest BCUT2D eigenvalue weighted by atomic mass is 9.96. The van der Waals surface area contributed by atoms with Crippen molar-refractivity contribution in [1.82, 2.24) is 0 Å². The SMILES string of the molecule is COc1ccc(Cl)c(-c2ccc(NC(=O)CC3CCOCC3)cc2)c1. The van der Waals surface area contributed by atoms with Crippen LogP contribution in [0.1, 0.15) is 19.3 Å². The summed E-state index contributed by atoms with van der Waals surface area (Å²) in [5.74, 6) is 1.23. The maximum atomic E-state index is 12.2. The average molecular weight is 360 g/mol. The van der Waals surface area contributed by atoms with Crippen molar-refractivity contribution in [3.8, 4) is 16.9 Å². The van der Waals surface area contributed by atoms with Gasteiger partial charge in [0.15, 0.2) is 0 Å². The second-order valence-electron chi connectivity index (χ2n) is 6.23. The molecule has 0 atom stereocenters. The molecule has 2 aromatic rings. The van der Waals surface area contributed by atoms with Gasteiger partial charge in [0, 0.05) is 35.9 Å². The monoisotopic (exact) mass is 359 g/mol. The van der Waals surface area contributed by atoms with E-state index >= 15 is 0 Å². The Balaban J connectivity index is 1.65. The number of benzene rings is 2. The second-order valence-corrected chi connectivity index (χ2v) is 6.64. The van der Waals surface area contributed by atoms with Crippen molar-refractivity contribution < 1.29 is 14.3 Å². The standard InChI is InChI=1S/C20H22ClNO3/c1-24-17-6-7-19(21)18(13-17)15-2-4-16(5-3-15)22-20(23)12-14-8-10-25-11-9-14/h2-7,13-14H,8-12H2,1H3,(H,22,23). The van der Waals surface area contributed by atoms with Crippen LogP contribution in [0, 0.1) is 5.92 Å². The van der Waals surface area contributed by atoms with E-state index in [1.165, 1.54) is 0 Å².